The molecule has 4 aromatic rings. The molecular weight excluding hydrogens is 457 g/mol. The maximum Gasteiger partial charge on any atom is 0.0800 e. The van der Waals surface area contributed by atoms with Crippen molar-refractivity contribution in [1.82, 2.24) is 0 Å². The van der Waals surface area contributed by atoms with Gasteiger partial charge in [-0.15, -0.1) is 22.7 Å². The molecule has 3 heterocycles. The lowest BCUT2D eigenvalue weighted by molar-refractivity contribution is 1.19. The topological polar surface area (TPSA) is 0 Å². The molecule has 0 bridgehead atoms. The molecule has 0 saturated carbocycles. The minimum atomic E-state index is -1.63. The summed E-state index contributed by atoms with van der Waals surface area (Å²) in [6.45, 7) is 15.0. The summed E-state index contributed by atoms with van der Waals surface area (Å²) in [7, 11) is -3.27. The van der Waals surface area contributed by atoms with E-state index in [0.717, 1.165) is 12.8 Å². The van der Waals surface area contributed by atoms with Crippen molar-refractivity contribution in [2.45, 2.75) is 52.9 Å². The SMILES string of the molecule is CCc1ccc(-c2ccc3c(c2)[Si](C)(C)[Si](C)(C)c2cc(-c4ccc(CC)s4)ccc2-3)s1. The Morgan fingerprint density at radius 1 is 0.562 bits per heavy atom. The van der Waals surface area contributed by atoms with Crippen molar-refractivity contribution in [3.8, 4) is 32.0 Å². The molecule has 0 nitrogen and oxygen atoms in total. The molecule has 5 rings (SSSR count). The van der Waals surface area contributed by atoms with E-state index in [4.69, 9.17) is 0 Å². The van der Waals surface area contributed by atoms with E-state index in [-0.39, 0.29) is 0 Å². The van der Waals surface area contributed by atoms with Crippen LogP contribution in [0.5, 0.6) is 0 Å². The molecule has 0 radical (unpaired) electrons. The molecule has 164 valence electrons. The Balaban J connectivity index is 1.67. The van der Waals surface area contributed by atoms with E-state index in [1.807, 2.05) is 22.7 Å². The predicted molar refractivity (Wildman–Crippen MR) is 151 cm³/mol. The maximum atomic E-state index is 2.63. The lowest BCUT2D eigenvalue weighted by atomic mass is 10.0. The Morgan fingerprint density at radius 2 is 0.969 bits per heavy atom. The molecule has 0 amide bonds. The molecule has 2 aromatic carbocycles. The van der Waals surface area contributed by atoms with Gasteiger partial charge in [0.2, 0.25) is 0 Å². The number of hydrogen-bond acceptors (Lipinski definition) is 2. The molecule has 0 atom stereocenters. The first kappa shape index (κ1) is 22.1. The average Bonchev–Trinajstić information content (AvgIpc) is 3.47. The quantitative estimate of drug-likeness (QED) is 0.256. The first-order valence-electron chi connectivity index (χ1n) is 11.7. The van der Waals surface area contributed by atoms with E-state index >= 15 is 0 Å². The Hall–Kier alpha value is -1.73. The third-order valence-electron chi connectivity index (χ3n) is 7.83. The normalized spacial score (nSPS) is 15.9. The van der Waals surface area contributed by atoms with E-state index in [2.05, 4.69) is 101 Å². The number of hydrogen-bond donors (Lipinski definition) is 0. The van der Waals surface area contributed by atoms with Crippen LogP contribution in [-0.2, 0) is 12.8 Å². The van der Waals surface area contributed by atoms with Gasteiger partial charge in [-0.1, -0.05) is 86.8 Å². The van der Waals surface area contributed by atoms with E-state index in [9.17, 15) is 0 Å². The van der Waals surface area contributed by atoms with Crippen LogP contribution in [0.1, 0.15) is 23.6 Å². The highest BCUT2D eigenvalue weighted by atomic mass is 32.1. The van der Waals surface area contributed by atoms with Crippen molar-refractivity contribution in [2.24, 2.45) is 0 Å². The van der Waals surface area contributed by atoms with Crippen LogP contribution in [0, 0.1) is 0 Å². The van der Waals surface area contributed by atoms with E-state index in [1.54, 1.807) is 10.4 Å². The van der Waals surface area contributed by atoms with E-state index in [1.165, 1.54) is 41.8 Å². The number of thiophene rings is 2. The molecule has 0 unspecified atom stereocenters. The van der Waals surface area contributed by atoms with Crippen LogP contribution in [0.2, 0.25) is 26.2 Å². The van der Waals surface area contributed by atoms with Crippen LogP contribution in [0.4, 0.5) is 0 Å². The van der Waals surface area contributed by atoms with Gasteiger partial charge in [-0.05, 0) is 59.4 Å². The van der Waals surface area contributed by atoms with Crippen molar-refractivity contribution >= 4 is 48.2 Å². The van der Waals surface area contributed by atoms with Gasteiger partial charge in [0.1, 0.15) is 0 Å². The van der Waals surface area contributed by atoms with Gasteiger partial charge in [-0.25, -0.2) is 0 Å². The van der Waals surface area contributed by atoms with Crippen LogP contribution >= 0.6 is 22.7 Å². The van der Waals surface area contributed by atoms with Crippen LogP contribution in [0.15, 0.2) is 60.7 Å². The van der Waals surface area contributed by atoms with E-state index in [0.29, 0.717) is 0 Å². The van der Waals surface area contributed by atoms with Crippen LogP contribution in [0.25, 0.3) is 32.0 Å². The van der Waals surface area contributed by atoms with Gasteiger partial charge in [0.05, 0.1) is 15.2 Å². The molecule has 0 saturated heterocycles. The summed E-state index contributed by atoms with van der Waals surface area (Å²) >= 11 is 3.91. The van der Waals surface area contributed by atoms with Gasteiger partial charge in [0.25, 0.3) is 0 Å². The Kier molecular flexibility index (Phi) is 5.48. The molecule has 2 aromatic heterocycles. The minimum absolute atomic E-state index is 1.12. The summed E-state index contributed by atoms with van der Waals surface area (Å²) in [4.78, 5) is 5.78. The second-order valence-corrected chi connectivity index (χ2v) is 27.4. The first-order valence-corrected chi connectivity index (χ1v) is 20.4. The fraction of sp³-hybridized carbons (Fsp3) is 0.286. The average molecular weight is 489 g/mol. The van der Waals surface area contributed by atoms with Gasteiger partial charge in [-0.3, -0.25) is 0 Å². The van der Waals surface area contributed by atoms with Gasteiger partial charge >= 0.3 is 0 Å². The smallest absolute Gasteiger partial charge is 0.0800 e. The van der Waals surface area contributed by atoms with Crippen molar-refractivity contribution in [1.29, 1.82) is 0 Å². The second-order valence-electron chi connectivity index (χ2n) is 10.0. The molecule has 32 heavy (non-hydrogen) atoms. The molecular formula is C28H32S2Si2. The molecule has 0 fully saturated rings. The Morgan fingerprint density at radius 3 is 1.31 bits per heavy atom. The number of aryl methyl sites for hydroxylation is 2. The highest BCUT2D eigenvalue weighted by Gasteiger charge is 2.49. The summed E-state index contributed by atoms with van der Waals surface area (Å²) in [5.41, 5.74) is 5.80. The summed E-state index contributed by atoms with van der Waals surface area (Å²) in [6.07, 6.45) is 2.24. The highest BCUT2D eigenvalue weighted by molar-refractivity contribution is 7.51. The summed E-state index contributed by atoms with van der Waals surface area (Å²) < 4.78 is 0. The number of benzene rings is 2. The molecule has 4 heteroatoms. The number of fused-ring (bicyclic) bond motifs is 3. The lowest BCUT2D eigenvalue weighted by Crippen LogP contribution is -2.72. The summed E-state index contributed by atoms with van der Waals surface area (Å²) in [5.74, 6) is 0. The summed E-state index contributed by atoms with van der Waals surface area (Å²) in [5, 5.41) is 3.34. The second kappa shape index (κ2) is 7.94. The van der Waals surface area contributed by atoms with Crippen LogP contribution < -0.4 is 10.4 Å². The van der Waals surface area contributed by atoms with Crippen molar-refractivity contribution in [2.75, 3.05) is 0 Å². The highest BCUT2D eigenvalue weighted by Crippen LogP contribution is 2.38. The zero-order valence-corrected chi connectivity index (χ0v) is 23.6. The Labute approximate surface area is 202 Å². The molecule has 0 spiro atoms. The van der Waals surface area contributed by atoms with Gasteiger partial charge < -0.3 is 0 Å². The zero-order valence-electron chi connectivity index (χ0n) is 20.0. The van der Waals surface area contributed by atoms with Crippen LogP contribution in [-0.4, -0.2) is 15.2 Å². The standard InChI is InChI=1S/C28H32S2Si2/c1-7-21-11-15-25(29-21)19-9-13-23-24-14-10-20(26-16-12-22(8-2)30-26)18-28(24)32(5,6)31(3,4)27(23)17-19/h9-18H,7-8H2,1-6H3. The predicted octanol–water partition coefficient (Wildman–Crippen LogP) is 7.86. The largest absolute Gasteiger partial charge is 0.140 e. The Bertz CT molecular complexity index is 1200. The first-order chi connectivity index (χ1) is 15.3. The van der Waals surface area contributed by atoms with Crippen LogP contribution in [0.3, 0.4) is 0 Å². The third kappa shape index (κ3) is 3.35. The molecule has 0 aliphatic carbocycles. The fourth-order valence-corrected chi connectivity index (χ4v) is 16.3. The maximum absolute atomic E-state index is 2.63. The summed E-state index contributed by atoms with van der Waals surface area (Å²) in [6, 6.07) is 23.9. The van der Waals surface area contributed by atoms with Gasteiger partial charge in [-0.2, -0.15) is 0 Å². The molecule has 0 N–H and O–H groups in total. The van der Waals surface area contributed by atoms with Gasteiger partial charge in [0.15, 0.2) is 0 Å². The minimum Gasteiger partial charge on any atom is -0.140 e. The van der Waals surface area contributed by atoms with Crippen molar-refractivity contribution in [3.63, 3.8) is 0 Å². The molecule has 1 aliphatic rings. The molecule has 1 aliphatic heterocycles. The third-order valence-corrected chi connectivity index (χ3v) is 28.0. The monoisotopic (exact) mass is 488 g/mol. The van der Waals surface area contributed by atoms with E-state index < -0.39 is 15.2 Å². The lowest BCUT2D eigenvalue weighted by Gasteiger charge is -2.45. The fourth-order valence-electron chi connectivity index (χ4n) is 5.02. The van der Waals surface area contributed by atoms with Crippen molar-refractivity contribution < 1.29 is 0 Å². The van der Waals surface area contributed by atoms with Crippen molar-refractivity contribution in [3.05, 3.63) is 70.4 Å². The van der Waals surface area contributed by atoms with Gasteiger partial charge in [0, 0.05) is 19.5 Å². The zero-order chi connectivity index (χ0) is 22.7. The number of rotatable bonds is 4.